The van der Waals surface area contributed by atoms with Crippen LogP contribution in [-0.2, 0) is 5.41 Å². The van der Waals surface area contributed by atoms with E-state index in [9.17, 15) is 10.2 Å². The molecule has 170 valence electrons. The lowest BCUT2D eigenvalue weighted by molar-refractivity contribution is 0.322. The molecule has 0 aromatic heterocycles. The number of hydrogen-bond acceptors (Lipinski definition) is 4. The Morgan fingerprint density at radius 2 is 1.03 bits per heavy atom. The van der Waals surface area contributed by atoms with E-state index in [0.29, 0.717) is 11.5 Å². The predicted octanol–water partition coefficient (Wildman–Crippen LogP) is 8.26. The van der Waals surface area contributed by atoms with E-state index in [2.05, 4.69) is 119 Å². The largest absolute Gasteiger partial charge is 0.396 e. The summed E-state index contributed by atoms with van der Waals surface area (Å²) in [6, 6.07) is 19.2. The summed E-state index contributed by atoms with van der Waals surface area (Å²) in [6.45, 7) is 2.51. The first-order valence-electron chi connectivity index (χ1n) is 9.84. The van der Waals surface area contributed by atoms with E-state index in [1.165, 1.54) is 5.56 Å². The van der Waals surface area contributed by atoms with Crippen LogP contribution in [0.5, 0.6) is 0 Å². The maximum atomic E-state index is 9.24. The molecule has 0 amide bonds. The van der Waals surface area contributed by atoms with Crippen LogP contribution in [0.15, 0.2) is 82.3 Å². The second kappa shape index (κ2) is 12.2. The summed E-state index contributed by atoms with van der Waals surface area (Å²) in [4.78, 5) is 2.16. The fourth-order valence-electron chi connectivity index (χ4n) is 3.54. The van der Waals surface area contributed by atoms with Crippen molar-refractivity contribution in [3.05, 3.63) is 89.2 Å². The number of aliphatic hydroxyl groups is 2. The molecule has 3 aromatic carbocycles. The molecule has 8 heteroatoms. The molecule has 2 N–H and O–H groups in total. The van der Waals surface area contributed by atoms with Crippen molar-refractivity contribution in [3.63, 3.8) is 0 Å². The summed E-state index contributed by atoms with van der Waals surface area (Å²) in [5.74, 6) is 1.28. The number of aliphatic hydroxyl groups excluding tert-OH is 2. The molecule has 0 unspecified atom stereocenters. The van der Waals surface area contributed by atoms with Gasteiger partial charge in [-0.15, -0.1) is 23.5 Å². The van der Waals surface area contributed by atoms with Crippen LogP contribution in [0.25, 0.3) is 0 Å². The second-order valence-corrected chi connectivity index (χ2v) is 12.8. The number of rotatable bonds is 9. The second-order valence-electron chi connectivity index (χ2n) is 7.17. The zero-order valence-electron chi connectivity index (χ0n) is 17.2. The average molecular weight is 726 g/mol. The molecule has 2 nitrogen and oxygen atoms in total. The van der Waals surface area contributed by atoms with Crippen molar-refractivity contribution in [3.8, 4) is 0 Å². The minimum absolute atomic E-state index is 0.135. The molecule has 0 radical (unpaired) electrons. The highest BCUT2D eigenvalue weighted by atomic mass is 79.9. The lowest BCUT2D eigenvalue weighted by atomic mass is 9.71. The smallest absolute Gasteiger partial charge is 0.0525 e. The molecule has 0 aliphatic rings. The Morgan fingerprint density at radius 3 is 1.38 bits per heavy atom. The van der Waals surface area contributed by atoms with Gasteiger partial charge in [0.1, 0.15) is 0 Å². The molecule has 3 rings (SSSR count). The number of thioether (sulfide) groups is 2. The van der Waals surface area contributed by atoms with Gasteiger partial charge in [-0.05, 0) is 112 Å². The van der Waals surface area contributed by atoms with Crippen molar-refractivity contribution in [2.24, 2.45) is 0 Å². The van der Waals surface area contributed by atoms with E-state index < -0.39 is 5.41 Å². The first kappa shape index (κ1) is 26.8. The molecular formula is C24H22Br4O2S2. The Balaban J connectivity index is 2.20. The Morgan fingerprint density at radius 1 is 0.656 bits per heavy atom. The van der Waals surface area contributed by atoms with Crippen molar-refractivity contribution in [1.29, 1.82) is 0 Å². The number of benzene rings is 3. The van der Waals surface area contributed by atoms with Gasteiger partial charge in [-0.2, -0.15) is 0 Å². The topological polar surface area (TPSA) is 40.5 Å². The van der Waals surface area contributed by atoms with Crippen LogP contribution in [0, 0.1) is 0 Å². The first-order chi connectivity index (χ1) is 15.3. The standard InChI is InChI=1S/C24H22Br4O2S2/c1-24(15-5-3-2-4-6-15,16-11-18(25)22(19(26)12-16)31-9-7-29)17-13-20(27)23(21(28)14-17)32-10-8-30/h2-6,11-14,29-30H,7-10H2,1H3. The van der Waals surface area contributed by atoms with Gasteiger partial charge in [-0.25, -0.2) is 0 Å². The minimum atomic E-state index is -0.419. The van der Waals surface area contributed by atoms with Crippen LogP contribution < -0.4 is 0 Å². The SMILES string of the molecule is CC(c1ccccc1)(c1cc(Br)c(SCCO)c(Br)c1)c1cc(Br)c(SCCO)c(Br)c1. The predicted molar refractivity (Wildman–Crippen MR) is 151 cm³/mol. The molecule has 32 heavy (non-hydrogen) atoms. The van der Waals surface area contributed by atoms with Gasteiger partial charge < -0.3 is 10.2 Å². The molecule has 0 saturated heterocycles. The quantitative estimate of drug-likeness (QED) is 0.172. The van der Waals surface area contributed by atoms with Gasteiger partial charge in [0.2, 0.25) is 0 Å². The van der Waals surface area contributed by atoms with Crippen LogP contribution in [-0.4, -0.2) is 34.9 Å². The monoisotopic (exact) mass is 722 g/mol. The maximum absolute atomic E-state index is 9.24. The van der Waals surface area contributed by atoms with Crippen molar-refractivity contribution in [2.75, 3.05) is 24.7 Å². The zero-order valence-corrected chi connectivity index (χ0v) is 25.2. The Kier molecular flexibility index (Phi) is 10.3. The summed E-state index contributed by atoms with van der Waals surface area (Å²) in [5, 5.41) is 18.5. The number of halogens is 4. The van der Waals surface area contributed by atoms with Gasteiger partial charge in [0, 0.05) is 44.6 Å². The molecule has 0 fully saturated rings. The van der Waals surface area contributed by atoms with E-state index in [1.54, 1.807) is 23.5 Å². The van der Waals surface area contributed by atoms with Gasteiger partial charge in [-0.1, -0.05) is 30.3 Å². The molecule has 0 spiro atoms. The van der Waals surface area contributed by atoms with E-state index in [-0.39, 0.29) is 13.2 Å². The van der Waals surface area contributed by atoms with Crippen molar-refractivity contribution >= 4 is 87.2 Å². The van der Waals surface area contributed by atoms with Gasteiger partial charge in [-0.3, -0.25) is 0 Å². The van der Waals surface area contributed by atoms with Crippen molar-refractivity contribution in [1.82, 2.24) is 0 Å². The van der Waals surface area contributed by atoms with E-state index in [0.717, 1.165) is 38.8 Å². The summed E-state index contributed by atoms with van der Waals surface area (Å²) in [7, 11) is 0. The Bertz CT molecular complexity index is 967. The summed E-state index contributed by atoms with van der Waals surface area (Å²) in [5.41, 5.74) is 3.05. The number of hydrogen-bond donors (Lipinski definition) is 2. The summed E-state index contributed by atoms with van der Waals surface area (Å²) >= 11 is 18.3. The fraction of sp³-hybridized carbons (Fsp3) is 0.250. The lowest BCUT2D eigenvalue weighted by Crippen LogP contribution is -2.25. The highest BCUT2D eigenvalue weighted by Gasteiger charge is 2.33. The third kappa shape index (κ3) is 5.88. The fourth-order valence-corrected chi connectivity index (χ4v) is 8.66. The lowest BCUT2D eigenvalue weighted by Gasteiger charge is -2.33. The zero-order chi connectivity index (χ0) is 23.3. The third-order valence-electron chi connectivity index (χ3n) is 5.18. The molecular weight excluding hydrogens is 704 g/mol. The molecule has 0 heterocycles. The highest BCUT2D eigenvalue weighted by molar-refractivity contribution is 9.11. The highest BCUT2D eigenvalue weighted by Crippen LogP contribution is 2.47. The maximum Gasteiger partial charge on any atom is 0.0525 e. The summed E-state index contributed by atoms with van der Waals surface area (Å²) in [6.07, 6.45) is 0. The van der Waals surface area contributed by atoms with Gasteiger partial charge in [0.25, 0.3) is 0 Å². The van der Waals surface area contributed by atoms with E-state index >= 15 is 0 Å². The van der Waals surface area contributed by atoms with Crippen LogP contribution in [0.3, 0.4) is 0 Å². The average Bonchev–Trinajstić information content (AvgIpc) is 2.78. The summed E-state index contributed by atoms with van der Waals surface area (Å²) < 4.78 is 3.98. The molecule has 0 saturated carbocycles. The molecule has 0 atom stereocenters. The van der Waals surface area contributed by atoms with Crippen molar-refractivity contribution < 1.29 is 10.2 Å². The van der Waals surface area contributed by atoms with Crippen LogP contribution in [0.1, 0.15) is 23.6 Å². The Labute approximate surface area is 231 Å². The van der Waals surface area contributed by atoms with Crippen LogP contribution in [0.4, 0.5) is 0 Å². The normalized spacial score (nSPS) is 11.7. The van der Waals surface area contributed by atoms with Crippen LogP contribution in [0.2, 0.25) is 0 Å². The molecule has 0 aliphatic carbocycles. The minimum Gasteiger partial charge on any atom is -0.396 e. The molecule has 0 aliphatic heterocycles. The van der Waals surface area contributed by atoms with Crippen molar-refractivity contribution in [2.45, 2.75) is 22.1 Å². The molecule has 0 bridgehead atoms. The van der Waals surface area contributed by atoms with Gasteiger partial charge in [0.15, 0.2) is 0 Å². The van der Waals surface area contributed by atoms with Gasteiger partial charge in [0.05, 0.1) is 13.2 Å². The van der Waals surface area contributed by atoms with Crippen LogP contribution >= 0.6 is 87.2 Å². The third-order valence-corrected chi connectivity index (χ3v) is 11.0. The van der Waals surface area contributed by atoms with E-state index in [1.807, 2.05) is 6.07 Å². The molecule has 3 aromatic rings. The van der Waals surface area contributed by atoms with E-state index in [4.69, 9.17) is 0 Å². The Hall–Kier alpha value is 0.200. The van der Waals surface area contributed by atoms with Gasteiger partial charge >= 0.3 is 0 Å². The first-order valence-corrected chi connectivity index (χ1v) is 15.0.